The first kappa shape index (κ1) is 24.4. The Hall–Kier alpha value is -0.330. The van der Waals surface area contributed by atoms with E-state index in [1.807, 2.05) is 0 Å². The third-order valence-corrected chi connectivity index (χ3v) is 10.4. The van der Waals surface area contributed by atoms with E-state index in [9.17, 15) is 8.42 Å². The van der Waals surface area contributed by atoms with Gasteiger partial charge in [-0.05, 0) is 63.8 Å². The zero-order valence-electron chi connectivity index (χ0n) is 20.1. The number of ether oxygens (including phenoxy) is 1. The summed E-state index contributed by atoms with van der Waals surface area (Å²) < 4.78 is 29.2. The lowest BCUT2D eigenvalue weighted by molar-refractivity contribution is -0.0288. The molecule has 190 valence electrons. The van der Waals surface area contributed by atoms with Crippen molar-refractivity contribution in [2.75, 3.05) is 52.2 Å². The van der Waals surface area contributed by atoms with Gasteiger partial charge in [-0.3, -0.25) is 20.0 Å². The van der Waals surface area contributed by atoms with Crippen molar-refractivity contribution in [1.82, 2.24) is 25.9 Å². The first-order valence-corrected chi connectivity index (χ1v) is 15.1. The monoisotopic (exact) mass is 485 g/mol. The molecule has 5 rings (SSSR count). The van der Waals surface area contributed by atoms with Gasteiger partial charge in [0.05, 0.1) is 36.8 Å². The molecule has 4 heterocycles. The van der Waals surface area contributed by atoms with Crippen molar-refractivity contribution in [2.24, 2.45) is 11.8 Å². The number of hydroxylamine groups is 1. The van der Waals surface area contributed by atoms with Crippen LogP contribution < -0.4 is 16.1 Å². The molecule has 5 atom stereocenters. The molecule has 4 aliphatic heterocycles. The van der Waals surface area contributed by atoms with Gasteiger partial charge in [-0.1, -0.05) is 0 Å². The van der Waals surface area contributed by atoms with Gasteiger partial charge in [0.25, 0.3) is 0 Å². The normalized spacial score (nSPS) is 42.0. The van der Waals surface area contributed by atoms with Crippen molar-refractivity contribution in [1.29, 1.82) is 0 Å². The molecule has 5 unspecified atom stereocenters. The van der Waals surface area contributed by atoms with Crippen LogP contribution in [0.25, 0.3) is 0 Å². The van der Waals surface area contributed by atoms with E-state index in [2.05, 4.69) is 25.9 Å². The van der Waals surface area contributed by atoms with Crippen LogP contribution in [0, 0.1) is 11.8 Å². The third-order valence-electron chi connectivity index (χ3n) is 8.71. The van der Waals surface area contributed by atoms with E-state index in [-0.39, 0.29) is 17.6 Å². The van der Waals surface area contributed by atoms with E-state index in [0.29, 0.717) is 24.0 Å². The lowest BCUT2D eigenvalue weighted by Gasteiger charge is -2.40. The number of morpholine rings is 1. The Morgan fingerprint density at radius 1 is 0.970 bits per heavy atom. The number of piperidine rings is 1. The van der Waals surface area contributed by atoms with Crippen LogP contribution in [0.3, 0.4) is 0 Å². The molecule has 1 saturated carbocycles. The van der Waals surface area contributed by atoms with Crippen LogP contribution in [0.5, 0.6) is 0 Å². The van der Waals surface area contributed by atoms with Crippen molar-refractivity contribution < 1.29 is 18.0 Å². The van der Waals surface area contributed by atoms with Crippen LogP contribution in [0.2, 0.25) is 0 Å². The molecule has 1 aliphatic carbocycles. The first-order chi connectivity index (χ1) is 16.0. The molecule has 5 fully saturated rings. The summed E-state index contributed by atoms with van der Waals surface area (Å²) in [5.41, 5.74) is 3.32. The fourth-order valence-corrected chi connectivity index (χ4v) is 7.79. The van der Waals surface area contributed by atoms with E-state index >= 15 is 0 Å². The number of nitrogens with zero attached hydrogens (tertiary/aromatic N) is 2. The summed E-state index contributed by atoms with van der Waals surface area (Å²) in [5.74, 6) is 1.13. The van der Waals surface area contributed by atoms with Gasteiger partial charge < -0.3 is 10.1 Å². The highest BCUT2D eigenvalue weighted by molar-refractivity contribution is 7.91. The molecule has 4 saturated heterocycles. The maximum atomic E-state index is 11.9. The average Bonchev–Trinajstić information content (AvgIpc) is 3.49. The van der Waals surface area contributed by atoms with Gasteiger partial charge >= 0.3 is 0 Å². The highest BCUT2D eigenvalue weighted by Crippen LogP contribution is 2.32. The average molecular weight is 486 g/mol. The Kier molecular flexibility index (Phi) is 7.93. The number of rotatable bonds is 6. The van der Waals surface area contributed by atoms with E-state index in [1.165, 1.54) is 25.5 Å². The summed E-state index contributed by atoms with van der Waals surface area (Å²) in [6.07, 6.45) is 10.5. The summed E-state index contributed by atoms with van der Waals surface area (Å²) in [6.45, 7) is 6.94. The topological polar surface area (TPSA) is 95.2 Å². The van der Waals surface area contributed by atoms with Gasteiger partial charge in [-0.25, -0.2) is 8.42 Å². The summed E-state index contributed by atoms with van der Waals surface area (Å²) in [7, 11) is -2.89. The first-order valence-electron chi connectivity index (χ1n) is 13.1. The molecule has 0 bridgehead atoms. The third kappa shape index (κ3) is 5.91. The Morgan fingerprint density at radius 3 is 2.45 bits per heavy atom. The molecule has 5 aliphatic rings. The molecule has 0 aromatic heterocycles. The number of hydrogen-bond donors (Lipinski definition) is 3. The van der Waals surface area contributed by atoms with Crippen molar-refractivity contribution in [2.45, 2.75) is 81.2 Å². The van der Waals surface area contributed by atoms with Crippen LogP contribution in [0.4, 0.5) is 0 Å². The quantitative estimate of drug-likeness (QED) is 0.497. The highest BCUT2D eigenvalue weighted by Gasteiger charge is 2.41. The van der Waals surface area contributed by atoms with Gasteiger partial charge in [0.1, 0.15) is 16.1 Å². The molecular formula is C23H43N5O4S. The standard InChI is InChI=1S/C23H43N5O4S/c1-33(29,30)19-7-4-17(5-8-19)16-28-10-2-3-20(28)23-25-22(26-32-23)18-6-9-21(24-15-18)27-11-13-31-14-12-27/h17-26H,2-16H2,1H3. The Morgan fingerprint density at radius 2 is 1.76 bits per heavy atom. The second-order valence-electron chi connectivity index (χ2n) is 10.9. The molecular weight excluding hydrogens is 442 g/mol. The van der Waals surface area contributed by atoms with Crippen LogP contribution in [-0.4, -0.2) is 100 Å². The van der Waals surface area contributed by atoms with Crippen LogP contribution in [-0.2, 0) is 19.4 Å². The summed E-state index contributed by atoms with van der Waals surface area (Å²) in [5, 5.41) is 7.40. The Balaban J connectivity index is 1.07. The second-order valence-corrected chi connectivity index (χ2v) is 13.2. The predicted octanol–water partition coefficient (Wildman–Crippen LogP) is 0.489. The summed E-state index contributed by atoms with van der Waals surface area (Å²) >= 11 is 0. The van der Waals surface area contributed by atoms with Crippen molar-refractivity contribution in [3.63, 3.8) is 0 Å². The maximum Gasteiger partial charge on any atom is 0.150 e. The smallest absolute Gasteiger partial charge is 0.150 e. The van der Waals surface area contributed by atoms with E-state index in [4.69, 9.17) is 9.57 Å². The molecule has 0 radical (unpaired) electrons. The molecule has 9 nitrogen and oxygen atoms in total. The zero-order valence-corrected chi connectivity index (χ0v) is 20.9. The minimum Gasteiger partial charge on any atom is -0.379 e. The van der Waals surface area contributed by atoms with Crippen molar-refractivity contribution in [3.8, 4) is 0 Å². The van der Waals surface area contributed by atoms with Gasteiger partial charge in [0, 0.05) is 38.4 Å². The van der Waals surface area contributed by atoms with E-state index < -0.39 is 9.84 Å². The number of nitrogens with one attached hydrogen (secondary N) is 3. The van der Waals surface area contributed by atoms with Crippen LogP contribution >= 0.6 is 0 Å². The minimum atomic E-state index is -2.89. The fraction of sp³-hybridized carbons (Fsp3) is 1.00. The summed E-state index contributed by atoms with van der Waals surface area (Å²) in [6, 6.07) is 0.396. The number of hydrogen-bond acceptors (Lipinski definition) is 9. The van der Waals surface area contributed by atoms with Gasteiger partial charge in [0.2, 0.25) is 0 Å². The largest absolute Gasteiger partial charge is 0.379 e. The van der Waals surface area contributed by atoms with Gasteiger partial charge in [-0.15, -0.1) is 0 Å². The second kappa shape index (κ2) is 10.7. The predicted molar refractivity (Wildman–Crippen MR) is 127 cm³/mol. The van der Waals surface area contributed by atoms with Gasteiger partial charge in [0.15, 0.2) is 0 Å². The molecule has 0 amide bonds. The van der Waals surface area contributed by atoms with E-state index in [1.54, 1.807) is 0 Å². The SMILES string of the molecule is CS(=O)(=O)C1CCC(CN2CCCC2C2NC(C3CCC(N4CCOCC4)NC3)NO2)CC1. The number of sulfone groups is 1. The minimum absolute atomic E-state index is 0.0295. The lowest BCUT2D eigenvalue weighted by atomic mass is 9.88. The molecule has 0 aromatic rings. The Bertz CT molecular complexity index is 733. The van der Waals surface area contributed by atoms with E-state index in [0.717, 1.165) is 78.0 Å². The lowest BCUT2D eigenvalue weighted by Crippen LogP contribution is -2.57. The summed E-state index contributed by atoms with van der Waals surface area (Å²) in [4.78, 5) is 11.2. The molecule has 3 N–H and O–H groups in total. The molecule has 33 heavy (non-hydrogen) atoms. The van der Waals surface area contributed by atoms with Crippen LogP contribution in [0.15, 0.2) is 0 Å². The zero-order chi connectivity index (χ0) is 22.8. The number of likely N-dealkylation sites (tertiary alicyclic amines) is 1. The van der Waals surface area contributed by atoms with Crippen molar-refractivity contribution in [3.05, 3.63) is 0 Å². The highest BCUT2D eigenvalue weighted by atomic mass is 32.2. The van der Waals surface area contributed by atoms with Gasteiger partial charge in [-0.2, -0.15) is 5.48 Å². The molecule has 0 spiro atoms. The Labute approximate surface area is 199 Å². The van der Waals surface area contributed by atoms with Crippen LogP contribution in [0.1, 0.15) is 51.4 Å². The maximum absolute atomic E-state index is 11.9. The molecule has 10 heteroatoms. The van der Waals surface area contributed by atoms with Crippen molar-refractivity contribution >= 4 is 9.84 Å². The molecule has 0 aromatic carbocycles. The fourth-order valence-electron chi connectivity index (χ4n) is 6.66.